The first-order chi connectivity index (χ1) is 8.08. The first-order valence-electron chi connectivity index (χ1n) is 6.08. The summed E-state index contributed by atoms with van der Waals surface area (Å²) in [6.45, 7) is 6.23. The molecule has 1 rings (SSSR count). The molecule has 4 nitrogen and oxygen atoms in total. The van der Waals surface area contributed by atoms with Crippen molar-refractivity contribution in [3.63, 3.8) is 0 Å². The van der Waals surface area contributed by atoms with Gasteiger partial charge in [0.05, 0.1) is 0 Å². The highest BCUT2D eigenvalue weighted by Crippen LogP contribution is 2.12. The van der Waals surface area contributed by atoms with Gasteiger partial charge in [-0.2, -0.15) is 0 Å². The zero-order valence-electron chi connectivity index (χ0n) is 10.6. The number of H-pyrrole nitrogens is 1. The average molecular weight is 236 g/mol. The van der Waals surface area contributed by atoms with Crippen LogP contribution in [-0.2, 0) is 0 Å². The van der Waals surface area contributed by atoms with E-state index in [0.29, 0.717) is 11.5 Å². The maximum Gasteiger partial charge on any atom is 0.251 e. The van der Waals surface area contributed by atoms with Gasteiger partial charge in [-0.05, 0) is 18.9 Å². The quantitative estimate of drug-likeness (QED) is 0.820. The summed E-state index contributed by atoms with van der Waals surface area (Å²) in [6.07, 6.45) is 3.56. The molecule has 0 radical (unpaired) electrons. The fraction of sp³-hybridized carbons (Fsp3) is 0.538. The van der Waals surface area contributed by atoms with Crippen molar-refractivity contribution in [3.05, 3.63) is 34.2 Å². The topological polar surface area (TPSA) is 62.0 Å². The van der Waals surface area contributed by atoms with Crippen LogP contribution in [0.5, 0.6) is 0 Å². The average Bonchev–Trinajstić information content (AvgIpc) is 2.30. The first kappa shape index (κ1) is 13.5. The Balaban J connectivity index is 2.69. The molecule has 17 heavy (non-hydrogen) atoms. The Bertz CT molecular complexity index is 421. The monoisotopic (exact) mass is 236 g/mol. The van der Waals surface area contributed by atoms with Crippen molar-refractivity contribution in [1.29, 1.82) is 0 Å². The highest BCUT2D eigenvalue weighted by molar-refractivity contribution is 5.94. The summed E-state index contributed by atoms with van der Waals surface area (Å²) in [5.74, 6) is 0.288. The van der Waals surface area contributed by atoms with Gasteiger partial charge in [0.25, 0.3) is 5.91 Å². The van der Waals surface area contributed by atoms with Crippen LogP contribution in [0.25, 0.3) is 0 Å². The van der Waals surface area contributed by atoms with Crippen molar-refractivity contribution in [2.24, 2.45) is 5.92 Å². The number of nitrogens with one attached hydrogen (secondary N) is 2. The summed E-state index contributed by atoms with van der Waals surface area (Å²) < 4.78 is 0. The Morgan fingerprint density at radius 2 is 2.06 bits per heavy atom. The molecule has 94 valence electrons. The third kappa shape index (κ3) is 3.73. The van der Waals surface area contributed by atoms with Gasteiger partial charge in [-0.15, -0.1) is 0 Å². The minimum Gasteiger partial charge on any atom is -0.349 e. The summed E-state index contributed by atoms with van der Waals surface area (Å²) in [5, 5.41) is 2.93. The Morgan fingerprint density at radius 1 is 1.41 bits per heavy atom. The predicted molar refractivity (Wildman–Crippen MR) is 68.1 cm³/mol. The summed E-state index contributed by atoms with van der Waals surface area (Å²) >= 11 is 0. The van der Waals surface area contributed by atoms with Crippen LogP contribution in [0, 0.1) is 5.92 Å². The van der Waals surface area contributed by atoms with E-state index in [9.17, 15) is 9.59 Å². The van der Waals surface area contributed by atoms with E-state index >= 15 is 0 Å². The molecule has 1 aromatic heterocycles. The third-order valence-corrected chi connectivity index (χ3v) is 3.15. The fourth-order valence-corrected chi connectivity index (χ4v) is 1.99. The molecule has 0 fully saturated rings. The third-order valence-electron chi connectivity index (χ3n) is 3.15. The molecule has 1 heterocycles. The summed E-state index contributed by atoms with van der Waals surface area (Å²) in [7, 11) is 0. The zero-order chi connectivity index (χ0) is 12.8. The summed E-state index contributed by atoms with van der Waals surface area (Å²) in [4.78, 5) is 25.5. The zero-order valence-corrected chi connectivity index (χ0v) is 10.6. The molecular formula is C13H20N2O2. The number of hydrogen-bond acceptors (Lipinski definition) is 2. The number of aromatic nitrogens is 1. The molecular weight excluding hydrogens is 216 g/mol. The van der Waals surface area contributed by atoms with Gasteiger partial charge in [-0.3, -0.25) is 9.59 Å². The van der Waals surface area contributed by atoms with E-state index in [1.807, 2.05) is 6.92 Å². The van der Waals surface area contributed by atoms with E-state index in [4.69, 9.17) is 0 Å². The molecule has 0 saturated carbocycles. The van der Waals surface area contributed by atoms with Crippen molar-refractivity contribution in [2.45, 2.75) is 39.7 Å². The Labute approximate surface area is 101 Å². The van der Waals surface area contributed by atoms with Crippen LogP contribution in [0.4, 0.5) is 0 Å². The second-order valence-electron chi connectivity index (χ2n) is 4.28. The molecule has 1 amide bonds. The van der Waals surface area contributed by atoms with Crippen LogP contribution in [0.1, 0.15) is 44.0 Å². The van der Waals surface area contributed by atoms with E-state index in [0.717, 1.165) is 12.8 Å². The molecule has 0 aliphatic carbocycles. The highest BCUT2D eigenvalue weighted by Gasteiger charge is 2.16. The molecule has 0 bridgehead atoms. The first-order valence-corrected chi connectivity index (χ1v) is 6.08. The minimum atomic E-state index is -0.257. The SMILES string of the molecule is CCC(CC)C(C)NC(=O)c1cc[nH]c(=O)c1. The normalized spacial score (nSPS) is 12.5. The van der Waals surface area contributed by atoms with Crippen molar-refractivity contribution in [2.75, 3.05) is 0 Å². The number of amides is 1. The van der Waals surface area contributed by atoms with E-state index < -0.39 is 0 Å². The minimum absolute atomic E-state index is 0.122. The largest absolute Gasteiger partial charge is 0.349 e. The number of hydrogen-bond donors (Lipinski definition) is 2. The molecule has 1 unspecified atom stereocenters. The number of carbonyl (C=O) groups excluding carboxylic acids is 1. The number of aromatic amines is 1. The lowest BCUT2D eigenvalue weighted by Gasteiger charge is -2.22. The van der Waals surface area contributed by atoms with E-state index in [1.165, 1.54) is 12.3 Å². The van der Waals surface area contributed by atoms with Gasteiger partial charge < -0.3 is 10.3 Å². The molecule has 0 aliphatic rings. The van der Waals surface area contributed by atoms with E-state index in [-0.39, 0.29) is 17.5 Å². The van der Waals surface area contributed by atoms with Crippen LogP contribution in [0.15, 0.2) is 23.1 Å². The summed E-state index contributed by atoms with van der Waals surface area (Å²) in [5.41, 5.74) is 0.152. The lowest BCUT2D eigenvalue weighted by molar-refractivity contribution is 0.0925. The number of rotatable bonds is 5. The molecule has 0 aliphatic heterocycles. The highest BCUT2D eigenvalue weighted by atomic mass is 16.2. The van der Waals surface area contributed by atoms with Gasteiger partial charge >= 0.3 is 0 Å². The van der Waals surface area contributed by atoms with Crippen LogP contribution < -0.4 is 10.9 Å². The van der Waals surface area contributed by atoms with Gasteiger partial charge in [0.2, 0.25) is 5.56 Å². The smallest absolute Gasteiger partial charge is 0.251 e. The van der Waals surface area contributed by atoms with Crippen molar-refractivity contribution in [1.82, 2.24) is 10.3 Å². The van der Waals surface area contributed by atoms with Gasteiger partial charge in [-0.1, -0.05) is 26.7 Å². The van der Waals surface area contributed by atoms with Gasteiger partial charge in [-0.25, -0.2) is 0 Å². The molecule has 2 N–H and O–H groups in total. The van der Waals surface area contributed by atoms with Crippen LogP contribution >= 0.6 is 0 Å². The van der Waals surface area contributed by atoms with Gasteiger partial charge in [0.15, 0.2) is 0 Å². The van der Waals surface area contributed by atoms with Crippen LogP contribution in [0.2, 0.25) is 0 Å². The molecule has 0 spiro atoms. The molecule has 0 saturated heterocycles. The van der Waals surface area contributed by atoms with Crippen LogP contribution in [-0.4, -0.2) is 16.9 Å². The summed E-state index contributed by atoms with van der Waals surface area (Å²) in [6, 6.07) is 3.04. The molecule has 1 aromatic rings. The predicted octanol–water partition coefficient (Wildman–Crippen LogP) is 1.93. The van der Waals surface area contributed by atoms with Crippen LogP contribution in [0.3, 0.4) is 0 Å². The molecule has 1 atom stereocenters. The number of pyridine rings is 1. The van der Waals surface area contributed by atoms with E-state index in [2.05, 4.69) is 24.1 Å². The second-order valence-corrected chi connectivity index (χ2v) is 4.28. The maximum atomic E-state index is 11.9. The number of carbonyl (C=O) groups is 1. The van der Waals surface area contributed by atoms with Gasteiger partial charge in [0, 0.05) is 23.9 Å². The second kappa shape index (κ2) is 6.23. The standard InChI is InChI=1S/C13H20N2O2/c1-4-10(5-2)9(3)15-13(17)11-6-7-14-12(16)8-11/h6-10H,4-5H2,1-3H3,(H,14,16)(H,15,17). The molecule has 4 heteroatoms. The van der Waals surface area contributed by atoms with E-state index in [1.54, 1.807) is 6.07 Å². The van der Waals surface area contributed by atoms with Crippen molar-refractivity contribution >= 4 is 5.91 Å². The maximum absolute atomic E-state index is 11.9. The fourth-order valence-electron chi connectivity index (χ4n) is 1.99. The Hall–Kier alpha value is -1.58. The lowest BCUT2D eigenvalue weighted by Crippen LogP contribution is -2.38. The Morgan fingerprint density at radius 3 is 2.59 bits per heavy atom. The van der Waals surface area contributed by atoms with Crippen molar-refractivity contribution < 1.29 is 4.79 Å². The van der Waals surface area contributed by atoms with Crippen molar-refractivity contribution in [3.8, 4) is 0 Å². The molecule has 0 aromatic carbocycles. The Kier molecular flexibility index (Phi) is 4.94. The van der Waals surface area contributed by atoms with Gasteiger partial charge in [0.1, 0.15) is 0 Å². The lowest BCUT2D eigenvalue weighted by atomic mass is 9.95.